The number of carbonyl (C=O) groups excluding carboxylic acids is 1. The zero-order chi connectivity index (χ0) is 19.5. The molecule has 6 nitrogen and oxygen atoms in total. The Bertz CT molecular complexity index is 1140. The molecule has 0 saturated heterocycles. The molecule has 2 aromatic heterocycles. The number of hydrogen-bond acceptors (Lipinski definition) is 3. The summed E-state index contributed by atoms with van der Waals surface area (Å²) >= 11 is 5.37. The van der Waals surface area contributed by atoms with Gasteiger partial charge in [0.2, 0.25) is 0 Å². The summed E-state index contributed by atoms with van der Waals surface area (Å²) in [5, 5.41) is 4.39. The summed E-state index contributed by atoms with van der Waals surface area (Å²) in [6, 6.07) is 19.5. The van der Waals surface area contributed by atoms with Crippen molar-refractivity contribution in [1.82, 2.24) is 24.2 Å². The molecular formula is C21H19N5OS. The van der Waals surface area contributed by atoms with Gasteiger partial charge in [-0.1, -0.05) is 36.4 Å². The molecule has 140 valence electrons. The van der Waals surface area contributed by atoms with Crippen molar-refractivity contribution in [2.45, 2.75) is 6.54 Å². The first-order chi connectivity index (χ1) is 13.6. The van der Waals surface area contributed by atoms with E-state index < -0.39 is 0 Å². The van der Waals surface area contributed by atoms with Gasteiger partial charge in [0, 0.05) is 37.2 Å². The summed E-state index contributed by atoms with van der Waals surface area (Å²) in [5.41, 5.74) is 3.27. The van der Waals surface area contributed by atoms with Gasteiger partial charge in [0.05, 0.1) is 11.9 Å². The fraction of sp³-hybridized carbons (Fsp3) is 0.0952. The summed E-state index contributed by atoms with van der Waals surface area (Å²) in [6.07, 6.45) is 5.36. The first kappa shape index (κ1) is 17.9. The number of H-pyrrole nitrogens is 1. The third kappa shape index (κ3) is 3.52. The van der Waals surface area contributed by atoms with E-state index in [2.05, 4.69) is 10.1 Å². The van der Waals surface area contributed by atoms with Crippen LogP contribution >= 0.6 is 12.2 Å². The van der Waals surface area contributed by atoms with Crippen molar-refractivity contribution in [2.24, 2.45) is 0 Å². The van der Waals surface area contributed by atoms with Gasteiger partial charge in [-0.15, -0.1) is 0 Å². The van der Waals surface area contributed by atoms with Crippen LogP contribution in [-0.4, -0.2) is 37.2 Å². The predicted octanol–water partition coefficient (Wildman–Crippen LogP) is 3.99. The minimum Gasteiger partial charge on any atom is -0.336 e. The number of imidazole rings is 1. The fourth-order valence-corrected chi connectivity index (χ4v) is 3.33. The topological polar surface area (TPSA) is 58.9 Å². The summed E-state index contributed by atoms with van der Waals surface area (Å²) in [5.74, 6) is -0.122. The van der Waals surface area contributed by atoms with Crippen LogP contribution in [0.15, 0.2) is 79.3 Å². The summed E-state index contributed by atoms with van der Waals surface area (Å²) in [7, 11) is 1.77. The lowest BCUT2D eigenvalue weighted by Crippen LogP contribution is -2.28. The molecule has 0 unspecified atom stereocenters. The Balaban J connectivity index is 1.56. The molecule has 2 heterocycles. The molecule has 0 aliphatic carbocycles. The molecule has 0 aliphatic rings. The SMILES string of the molecule is CN(Cc1cnn(-c2ccccc2)c1)C(=O)c1c[nH]c(=S)n1-c1ccccc1. The van der Waals surface area contributed by atoms with E-state index in [4.69, 9.17) is 12.2 Å². The maximum absolute atomic E-state index is 13.0. The second-order valence-corrected chi connectivity index (χ2v) is 6.83. The number of hydrogen-bond donors (Lipinski definition) is 1. The minimum atomic E-state index is -0.122. The Morgan fingerprint density at radius 1 is 1.07 bits per heavy atom. The van der Waals surface area contributed by atoms with E-state index in [-0.39, 0.29) is 5.91 Å². The Morgan fingerprint density at radius 2 is 1.71 bits per heavy atom. The highest BCUT2D eigenvalue weighted by Gasteiger charge is 2.19. The number of nitrogens with zero attached hydrogens (tertiary/aromatic N) is 4. The van der Waals surface area contributed by atoms with Crippen LogP contribution in [-0.2, 0) is 6.54 Å². The highest BCUT2D eigenvalue weighted by Crippen LogP contribution is 2.16. The highest BCUT2D eigenvalue weighted by molar-refractivity contribution is 7.71. The van der Waals surface area contributed by atoms with Crippen LogP contribution in [0.4, 0.5) is 0 Å². The number of rotatable bonds is 5. The van der Waals surface area contributed by atoms with Crippen molar-refractivity contribution in [1.29, 1.82) is 0 Å². The van der Waals surface area contributed by atoms with Crippen molar-refractivity contribution in [2.75, 3.05) is 7.05 Å². The van der Waals surface area contributed by atoms with Gasteiger partial charge >= 0.3 is 0 Å². The van der Waals surface area contributed by atoms with Crippen molar-refractivity contribution < 1.29 is 4.79 Å². The van der Waals surface area contributed by atoms with Crippen LogP contribution in [0, 0.1) is 4.77 Å². The molecule has 1 N–H and O–H groups in total. The van der Waals surface area contributed by atoms with Crippen molar-refractivity contribution in [3.63, 3.8) is 0 Å². The zero-order valence-corrected chi connectivity index (χ0v) is 16.1. The van der Waals surface area contributed by atoms with E-state index in [1.54, 1.807) is 33.6 Å². The second-order valence-electron chi connectivity index (χ2n) is 6.44. The van der Waals surface area contributed by atoms with Crippen LogP contribution in [0.2, 0.25) is 0 Å². The van der Waals surface area contributed by atoms with Gasteiger partial charge in [0.25, 0.3) is 5.91 Å². The third-order valence-corrected chi connectivity index (χ3v) is 4.73. The first-order valence-electron chi connectivity index (χ1n) is 8.84. The maximum atomic E-state index is 13.0. The summed E-state index contributed by atoms with van der Waals surface area (Å²) < 4.78 is 4.04. The molecule has 1 amide bonds. The molecule has 4 rings (SSSR count). The van der Waals surface area contributed by atoms with E-state index in [1.165, 1.54) is 0 Å². The molecule has 2 aromatic carbocycles. The average molecular weight is 389 g/mol. The monoisotopic (exact) mass is 389 g/mol. The maximum Gasteiger partial charge on any atom is 0.272 e. The van der Waals surface area contributed by atoms with Crippen LogP contribution in [0.5, 0.6) is 0 Å². The highest BCUT2D eigenvalue weighted by atomic mass is 32.1. The number of aromatic nitrogens is 4. The van der Waals surface area contributed by atoms with Gasteiger partial charge in [-0.05, 0) is 36.5 Å². The smallest absolute Gasteiger partial charge is 0.272 e. The Kier molecular flexibility index (Phi) is 4.90. The molecule has 4 aromatic rings. The molecule has 0 radical (unpaired) electrons. The summed E-state index contributed by atoms with van der Waals surface area (Å²) in [6.45, 7) is 0.443. The van der Waals surface area contributed by atoms with E-state index in [1.807, 2.05) is 66.9 Å². The van der Waals surface area contributed by atoms with Gasteiger partial charge in [-0.3, -0.25) is 9.36 Å². The fourth-order valence-electron chi connectivity index (χ4n) is 3.06. The average Bonchev–Trinajstić information content (AvgIpc) is 3.35. The van der Waals surface area contributed by atoms with Crippen LogP contribution in [0.25, 0.3) is 11.4 Å². The van der Waals surface area contributed by atoms with E-state index in [9.17, 15) is 4.79 Å². The quantitative estimate of drug-likeness (QED) is 0.525. The van der Waals surface area contributed by atoms with E-state index in [0.29, 0.717) is 17.0 Å². The predicted molar refractivity (Wildman–Crippen MR) is 110 cm³/mol. The van der Waals surface area contributed by atoms with Crippen molar-refractivity contribution in [3.8, 4) is 11.4 Å². The normalized spacial score (nSPS) is 10.8. The molecule has 7 heteroatoms. The van der Waals surface area contributed by atoms with Gasteiger partial charge < -0.3 is 9.88 Å². The van der Waals surface area contributed by atoms with Gasteiger partial charge in [0.15, 0.2) is 4.77 Å². The molecule has 0 atom stereocenters. The standard InChI is InChI=1S/C21H19N5OS/c1-24(14-16-12-23-25(15-16)17-8-4-2-5-9-17)20(27)19-13-22-21(28)26(19)18-10-6-3-7-11-18/h2-13,15H,14H2,1H3,(H,22,28). The van der Waals surface area contributed by atoms with E-state index >= 15 is 0 Å². The van der Waals surface area contributed by atoms with Crippen molar-refractivity contribution >= 4 is 18.1 Å². The molecule has 0 bridgehead atoms. The largest absolute Gasteiger partial charge is 0.336 e. The summed E-state index contributed by atoms with van der Waals surface area (Å²) in [4.78, 5) is 17.7. The lowest BCUT2D eigenvalue weighted by molar-refractivity contribution is 0.0777. The van der Waals surface area contributed by atoms with Crippen LogP contribution in [0.3, 0.4) is 0 Å². The van der Waals surface area contributed by atoms with Crippen LogP contribution in [0.1, 0.15) is 16.1 Å². The van der Waals surface area contributed by atoms with Gasteiger partial charge in [0.1, 0.15) is 5.69 Å². The molecule has 0 saturated carbocycles. The molecule has 0 fully saturated rings. The third-order valence-electron chi connectivity index (χ3n) is 4.43. The molecule has 0 spiro atoms. The number of carbonyl (C=O) groups is 1. The number of amides is 1. The van der Waals surface area contributed by atoms with Gasteiger partial charge in [-0.25, -0.2) is 4.68 Å². The Hall–Kier alpha value is -3.45. The van der Waals surface area contributed by atoms with Crippen LogP contribution < -0.4 is 0 Å². The molecular weight excluding hydrogens is 370 g/mol. The molecule has 0 aliphatic heterocycles. The number of aromatic amines is 1. The number of para-hydroxylation sites is 2. The number of benzene rings is 2. The van der Waals surface area contributed by atoms with E-state index in [0.717, 1.165) is 16.9 Å². The Morgan fingerprint density at radius 3 is 2.39 bits per heavy atom. The lowest BCUT2D eigenvalue weighted by atomic mass is 10.3. The lowest BCUT2D eigenvalue weighted by Gasteiger charge is -2.17. The zero-order valence-electron chi connectivity index (χ0n) is 15.3. The Labute approximate surface area is 167 Å². The molecule has 28 heavy (non-hydrogen) atoms. The number of nitrogens with one attached hydrogen (secondary N) is 1. The second kappa shape index (κ2) is 7.66. The minimum absolute atomic E-state index is 0.122. The van der Waals surface area contributed by atoms with Gasteiger partial charge in [-0.2, -0.15) is 5.10 Å². The van der Waals surface area contributed by atoms with Crippen molar-refractivity contribution in [3.05, 3.63) is 95.3 Å². The first-order valence-corrected chi connectivity index (χ1v) is 9.24.